The molecule has 0 heterocycles. The zero-order valence-electron chi connectivity index (χ0n) is 18.5. The Labute approximate surface area is 207 Å². The van der Waals surface area contributed by atoms with Crippen molar-refractivity contribution in [2.45, 2.75) is 12.0 Å². The Hall–Kier alpha value is -4.62. The molecule has 4 rings (SSSR count). The van der Waals surface area contributed by atoms with Crippen molar-refractivity contribution >= 4 is 16.9 Å². The van der Waals surface area contributed by atoms with Crippen molar-refractivity contribution < 1.29 is 54.8 Å². The van der Waals surface area contributed by atoms with Crippen molar-refractivity contribution in [2.24, 2.45) is 0 Å². The molecule has 14 heteroatoms. The number of hydrogen-bond acceptors (Lipinski definition) is 6. The lowest BCUT2D eigenvalue weighted by Gasteiger charge is -2.38. The lowest BCUT2D eigenvalue weighted by molar-refractivity contribution is -0.143. The molecule has 0 aliphatic heterocycles. The predicted octanol–water partition coefficient (Wildman–Crippen LogP) is 5.86. The minimum atomic E-state index is -3.71. The van der Waals surface area contributed by atoms with E-state index in [4.69, 9.17) is 20.9 Å². The molecule has 0 spiro atoms. The zero-order chi connectivity index (χ0) is 28.1. The smallest absolute Gasteiger partial charge is 0.346 e. The standard InChI is InChI=1S/C24H14F8N2O4/c25-11-7-10(17(26)21(30)18(11)27)16-19(28)22(31)24(23(32)20(16)29,37-8-1-3-14(35)12(33)5-8)38-9-2-4-15(36)13(34)6-9/h1-7,22,35-36H,33-34H2. The van der Waals surface area contributed by atoms with E-state index in [-0.39, 0.29) is 6.07 Å². The first-order chi connectivity index (χ1) is 17.8. The Bertz CT molecular complexity index is 1470. The van der Waals surface area contributed by atoms with Crippen LogP contribution in [0.5, 0.6) is 23.0 Å². The molecular weight excluding hydrogens is 532 g/mol. The summed E-state index contributed by atoms with van der Waals surface area (Å²) in [5.74, 6) is -22.3. The van der Waals surface area contributed by atoms with Gasteiger partial charge in [-0.05, 0) is 30.3 Å². The second kappa shape index (κ2) is 9.36. The Balaban J connectivity index is 1.94. The third kappa shape index (κ3) is 4.17. The quantitative estimate of drug-likeness (QED) is 0.0798. The van der Waals surface area contributed by atoms with Crippen molar-refractivity contribution in [1.82, 2.24) is 0 Å². The van der Waals surface area contributed by atoms with Crippen LogP contribution in [0.4, 0.5) is 46.5 Å². The Morgan fingerprint density at radius 3 is 1.68 bits per heavy atom. The number of anilines is 2. The summed E-state index contributed by atoms with van der Waals surface area (Å²) < 4.78 is 128. The van der Waals surface area contributed by atoms with E-state index in [0.717, 1.165) is 36.4 Å². The number of hydrogen-bond donors (Lipinski definition) is 4. The van der Waals surface area contributed by atoms with Gasteiger partial charge in [0.1, 0.15) is 23.0 Å². The molecule has 1 aliphatic rings. The van der Waals surface area contributed by atoms with Gasteiger partial charge in [0, 0.05) is 17.7 Å². The van der Waals surface area contributed by atoms with E-state index in [2.05, 4.69) is 0 Å². The number of nitrogens with two attached hydrogens (primary N) is 2. The summed E-state index contributed by atoms with van der Waals surface area (Å²) >= 11 is 0. The van der Waals surface area contributed by atoms with E-state index < -0.39 is 98.2 Å². The summed E-state index contributed by atoms with van der Waals surface area (Å²) in [5, 5.41) is 19.2. The number of phenolic OH excluding ortho intramolecular Hbond substituents is 2. The number of halogens is 8. The van der Waals surface area contributed by atoms with Gasteiger partial charge in [-0.3, -0.25) is 0 Å². The highest BCUT2D eigenvalue weighted by Crippen LogP contribution is 2.49. The van der Waals surface area contributed by atoms with Gasteiger partial charge < -0.3 is 31.2 Å². The lowest BCUT2D eigenvalue weighted by Crippen LogP contribution is -2.54. The van der Waals surface area contributed by atoms with Crippen molar-refractivity contribution in [3.05, 3.63) is 88.8 Å². The summed E-state index contributed by atoms with van der Waals surface area (Å²) in [7, 11) is 0. The van der Waals surface area contributed by atoms with Crippen LogP contribution in [0.3, 0.4) is 0 Å². The molecule has 38 heavy (non-hydrogen) atoms. The molecule has 0 bridgehead atoms. The maximum absolute atomic E-state index is 15.7. The summed E-state index contributed by atoms with van der Waals surface area (Å²) in [4.78, 5) is 0. The van der Waals surface area contributed by atoms with Crippen LogP contribution >= 0.6 is 0 Å². The van der Waals surface area contributed by atoms with Gasteiger partial charge in [-0.2, -0.15) is 4.39 Å². The molecule has 1 unspecified atom stereocenters. The molecule has 1 atom stereocenters. The van der Waals surface area contributed by atoms with E-state index in [1.54, 1.807) is 0 Å². The molecule has 0 radical (unpaired) electrons. The Kier molecular flexibility index (Phi) is 6.51. The highest BCUT2D eigenvalue weighted by atomic mass is 19.2. The molecule has 0 saturated heterocycles. The Morgan fingerprint density at radius 1 is 0.711 bits per heavy atom. The van der Waals surface area contributed by atoms with Gasteiger partial charge in [0.2, 0.25) is 12.0 Å². The number of alkyl halides is 1. The van der Waals surface area contributed by atoms with Gasteiger partial charge in [-0.25, -0.2) is 30.7 Å². The molecule has 0 aromatic heterocycles. The van der Waals surface area contributed by atoms with Crippen LogP contribution in [0.25, 0.3) is 5.57 Å². The molecular formula is C24H14F8N2O4. The third-order valence-corrected chi connectivity index (χ3v) is 5.42. The van der Waals surface area contributed by atoms with Crippen LogP contribution in [0.15, 0.2) is 59.9 Å². The SMILES string of the molecule is Nc1cc(OC2(Oc3ccc(O)c(N)c3)C(F)=C(F)C(c3cc(F)c(F)c(F)c3F)=C(F)C2F)ccc1O. The van der Waals surface area contributed by atoms with Crippen molar-refractivity contribution in [3.63, 3.8) is 0 Å². The number of phenols is 2. The van der Waals surface area contributed by atoms with Gasteiger partial charge in [0.05, 0.1) is 16.9 Å². The second-order valence-electron chi connectivity index (χ2n) is 7.87. The summed E-state index contributed by atoms with van der Waals surface area (Å²) in [5.41, 5.74) is 6.67. The first-order valence-corrected chi connectivity index (χ1v) is 10.3. The van der Waals surface area contributed by atoms with Crippen LogP contribution in [-0.4, -0.2) is 22.2 Å². The average Bonchev–Trinajstić information content (AvgIpc) is 2.87. The first kappa shape index (κ1) is 26.4. The van der Waals surface area contributed by atoms with Crippen LogP contribution in [-0.2, 0) is 0 Å². The molecule has 6 N–H and O–H groups in total. The minimum absolute atomic E-state index is 0.196. The highest BCUT2D eigenvalue weighted by Gasteiger charge is 2.58. The van der Waals surface area contributed by atoms with Crippen molar-refractivity contribution in [2.75, 3.05) is 11.5 Å². The normalized spacial score (nSPS) is 17.1. The van der Waals surface area contributed by atoms with Crippen molar-refractivity contribution in [1.29, 1.82) is 0 Å². The van der Waals surface area contributed by atoms with Crippen LogP contribution in [0.1, 0.15) is 5.56 Å². The molecule has 0 amide bonds. The number of rotatable bonds is 5. The monoisotopic (exact) mass is 546 g/mol. The molecule has 0 fully saturated rings. The van der Waals surface area contributed by atoms with Gasteiger partial charge >= 0.3 is 5.79 Å². The molecule has 3 aromatic carbocycles. The maximum atomic E-state index is 15.7. The fourth-order valence-electron chi connectivity index (χ4n) is 3.53. The average molecular weight is 546 g/mol. The summed E-state index contributed by atoms with van der Waals surface area (Å²) in [6.45, 7) is 0. The molecule has 6 nitrogen and oxygen atoms in total. The Morgan fingerprint density at radius 2 is 1.21 bits per heavy atom. The van der Waals surface area contributed by atoms with E-state index in [9.17, 15) is 27.8 Å². The fraction of sp³-hybridized carbons (Fsp3) is 0.0833. The molecule has 0 saturated carbocycles. The van der Waals surface area contributed by atoms with Crippen LogP contribution < -0.4 is 20.9 Å². The van der Waals surface area contributed by atoms with E-state index >= 15 is 17.6 Å². The highest BCUT2D eigenvalue weighted by molar-refractivity contribution is 5.82. The second-order valence-corrected chi connectivity index (χ2v) is 7.87. The maximum Gasteiger partial charge on any atom is 0.346 e. The largest absolute Gasteiger partial charge is 0.506 e. The third-order valence-electron chi connectivity index (χ3n) is 5.42. The number of aromatic hydroxyl groups is 2. The van der Waals surface area contributed by atoms with Gasteiger partial charge in [-0.15, -0.1) is 0 Å². The zero-order valence-corrected chi connectivity index (χ0v) is 18.5. The molecule has 1 aliphatic carbocycles. The topological polar surface area (TPSA) is 111 Å². The van der Waals surface area contributed by atoms with Gasteiger partial charge in [-0.1, -0.05) is 0 Å². The number of nitrogen functional groups attached to an aromatic ring is 2. The number of benzene rings is 3. The summed E-state index contributed by atoms with van der Waals surface area (Å²) in [6, 6.07) is 5.02. The van der Waals surface area contributed by atoms with Gasteiger partial charge in [0.15, 0.2) is 34.9 Å². The summed E-state index contributed by atoms with van der Waals surface area (Å²) in [6.07, 6.45) is -3.52. The van der Waals surface area contributed by atoms with E-state index in [1.807, 2.05) is 0 Å². The van der Waals surface area contributed by atoms with E-state index in [0.29, 0.717) is 0 Å². The number of allylic oxidation sites excluding steroid dienone is 2. The van der Waals surface area contributed by atoms with Gasteiger partial charge in [0.25, 0.3) is 0 Å². The minimum Gasteiger partial charge on any atom is -0.506 e. The van der Waals surface area contributed by atoms with Crippen molar-refractivity contribution in [3.8, 4) is 23.0 Å². The predicted molar refractivity (Wildman–Crippen MR) is 117 cm³/mol. The van der Waals surface area contributed by atoms with Crippen LogP contribution in [0, 0.1) is 23.3 Å². The first-order valence-electron chi connectivity index (χ1n) is 10.3. The lowest BCUT2D eigenvalue weighted by atomic mass is 9.91. The molecule has 3 aromatic rings. The van der Waals surface area contributed by atoms with E-state index in [1.165, 1.54) is 0 Å². The number of ether oxygens (including phenoxy) is 2. The van der Waals surface area contributed by atoms with Crippen LogP contribution in [0.2, 0.25) is 0 Å². The fourth-order valence-corrected chi connectivity index (χ4v) is 3.53. The molecule has 200 valence electrons.